The monoisotopic (exact) mass is 238 g/mol. The minimum Gasteiger partial charge on any atom is -0.385 e. The summed E-state index contributed by atoms with van der Waals surface area (Å²) in [6, 6.07) is 0. The fraction of sp³-hybridized carbons (Fsp3) is 0.857. The van der Waals surface area contributed by atoms with Crippen LogP contribution in [0.1, 0.15) is 39.5 Å². The summed E-state index contributed by atoms with van der Waals surface area (Å²) in [5, 5.41) is 10.9. The predicted molar refractivity (Wildman–Crippen MR) is 64.5 cm³/mol. The summed E-state index contributed by atoms with van der Waals surface area (Å²) in [7, 11) is 0. The summed E-state index contributed by atoms with van der Waals surface area (Å²) >= 11 is 0. The van der Waals surface area contributed by atoms with Crippen molar-refractivity contribution in [2.24, 2.45) is 11.8 Å². The first kappa shape index (κ1) is 11.7. The SMILES string of the molecule is CC1CC2(CC(C)C1(O)C=C1CC1)OCCO2. The highest BCUT2D eigenvalue weighted by molar-refractivity contribution is 5.24. The first-order valence-electron chi connectivity index (χ1n) is 6.75. The van der Waals surface area contributed by atoms with E-state index in [0.717, 1.165) is 12.8 Å². The molecule has 0 bridgehead atoms. The Bertz CT molecular complexity index is 321. The molecule has 17 heavy (non-hydrogen) atoms. The highest BCUT2D eigenvalue weighted by atomic mass is 16.7. The van der Waals surface area contributed by atoms with E-state index in [-0.39, 0.29) is 11.8 Å². The van der Waals surface area contributed by atoms with Crippen molar-refractivity contribution in [2.75, 3.05) is 13.2 Å². The minimum atomic E-state index is -0.660. The van der Waals surface area contributed by atoms with Crippen molar-refractivity contribution in [1.82, 2.24) is 0 Å². The van der Waals surface area contributed by atoms with Crippen LogP contribution in [0.15, 0.2) is 11.6 Å². The lowest BCUT2D eigenvalue weighted by Crippen LogP contribution is -2.53. The molecule has 1 aliphatic heterocycles. The normalized spacial score (nSPS) is 44.1. The Kier molecular flexibility index (Phi) is 2.62. The number of hydrogen-bond donors (Lipinski definition) is 1. The van der Waals surface area contributed by atoms with Crippen molar-refractivity contribution in [2.45, 2.75) is 50.9 Å². The summed E-state index contributed by atoms with van der Waals surface area (Å²) in [4.78, 5) is 0. The Morgan fingerprint density at radius 2 is 1.65 bits per heavy atom. The zero-order valence-corrected chi connectivity index (χ0v) is 10.7. The Labute approximate surface area is 103 Å². The van der Waals surface area contributed by atoms with Crippen molar-refractivity contribution in [3.8, 4) is 0 Å². The van der Waals surface area contributed by atoms with Gasteiger partial charge in [-0.05, 0) is 24.7 Å². The van der Waals surface area contributed by atoms with Crippen LogP contribution in [-0.2, 0) is 9.47 Å². The number of hydrogen-bond acceptors (Lipinski definition) is 3. The van der Waals surface area contributed by atoms with Gasteiger partial charge in [-0.15, -0.1) is 0 Å². The Hall–Kier alpha value is -0.380. The maximum atomic E-state index is 10.9. The van der Waals surface area contributed by atoms with Crippen molar-refractivity contribution in [3.05, 3.63) is 11.6 Å². The molecule has 3 aliphatic rings. The molecular weight excluding hydrogens is 216 g/mol. The fourth-order valence-electron chi connectivity index (χ4n) is 3.39. The van der Waals surface area contributed by atoms with Gasteiger partial charge in [-0.25, -0.2) is 0 Å². The molecule has 3 fully saturated rings. The van der Waals surface area contributed by atoms with Crippen LogP contribution in [0.2, 0.25) is 0 Å². The molecule has 2 unspecified atom stereocenters. The molecule has 1 N–H and O–H groups in total. The summed E-state index contributed by atoms with van der Waals surface area (Å²) in [5.41, 5.74) is 0.752. The summed E-state index contributed by atoms with van der Waals surface area (Å²) in [6.07, 6.45) is 6.05. The van der Waals surface area contributed by atoms with E-state index in [2.05, 4.69) is 19.9 Å². The van der Waals surface area contributed by atoms with Crippen LogP contribution in [0, 0.1) is 11.8 Å². The molecule has 0 amide bonds. The van der Waals surface area contributed by atoms with E-state index in [1.54, 1.807) is 0 Å². The van der Waals surface area contributed by atoms with Gasteiger partial charge in [-0.3, -0.25) is 0 Å². The van der Waals surface area contributed by atoms with Gasteiger partial charge in [-0.1, -0.05) is 25.5 Å². The largest absolute Gasteiger partial charge is 0.385 e. The second kappa shape index (κ2) is 3.81. The number of ether oxygens (including phenoxy) is 2. The van der Waals surface area contributed by atoms with Crippen LogP contribution in [0.4, 0.5) is 0 Å². The van der Waals surface area contributed by atoms with Gasteiger partial charge in [-0.2, -0.15) is 0 Å². The lowest BCUT2D eigenvalue weighted by molar-refractivity contribution is -0.228. The first-order chi connectivity index (χ1) is 8.04. The van der Waals surface area contributed by atoms with Crippen LogP contribution in [0.3, 0.4) is 0 Å². The van der Waals surface area contributed by atoms with E-state index in [1.165, 1.54) is 18.4 Å². The molecule has 0 aromatic heterocycles. The number of aliphatic hydroxyl groups is 1. The topological polar surface area (TPSA) is 38.7 Å². The zero-order valence-electron chi connectivity index (χ0n) is 10.7. The van der Waals surface area contributed by atoms with E-state index < -0.39 is 11.4 Å². The highest BCUT2D eigenvalue weighted by Crippen LogP contribution is 2.49. The zero-order chi connectivity index (χ0) is 12.1. The first-order valence-corrected chi connectivity index (χ1v) is 6.75. The van der Waals surface area contributed by atoms with Crippen molar-refractivity contribution < 1.29 is 14.6 Å². The molecule has 96 valence electrons. The van der Waals surface area contributed by atoms with Gasteiger partial charge in [0, 0.05) is 12.8 Å². The molecule has 2 aliphatic carbocycles. The van der Waals surface area contributed by atoms with Gasteiger partial charge >= 0.3 is 0 Å². The second-order valence-corrected chi connectivity index (χ2v) is 6.01. The number of allylic oxidation sites excluding steroid dienone is 1. The summed E-state index contributed by atoms with van der Waals surface area (Å²) in [6.45, 7) is 5.61. The lowest BCUT2D eigenvalue weighted by Gasteiger charge is -2.48. The molecule has 0 aromatic carbocycles. The van der Waals surface area contributed by atoms with E-state index in [0.29, 0.717) is 13.2 Å². The minimum absolute atomic E-state index is 0.192. The third kappa shape index (κ3) is 1.94. The van der Waals surface area contributed by atoms with E-state index in [1.807, 2.05) is 0 Å². The molecule has 0 radical (unpaired) electrons. The molecule has 2 saturated carbocycles. The smallest absolute Gasteiger partial charge is 0.169 e. The average Bonchev–Trinajstić information content (AvgIpc) is 2.96. The molecule has 3 rings (SSSR count). The van der Waals surface area contributed by atoms with Gasteiger partial charge in [0.2, 0.25) is 0 Å². The average molecular weight is 238 g/mol. The van der Waals surface area contributed by atoms with E-state index >= 15 is 0 Å². The molecule has 1 heterocycles. The third-order valence-corrected chi connectivity index (χ3v) is 4.60. The third-order valence-electron chi connectivity index (χ3n) is 4.60. The maximum absolute atomic E-state index is 10.9. The summed E-state index contributed by atoms with van der Waals surface area (Å²) < 4.78 is 11.6. The molecule has 1 spiro atoms. The van der Waals surface area contributed by atoms with Crippen molar-refractivity contribution in [3.63, 3.8) is 0 Å². The Morgan fingerprint density at radius 1 is 1.12 bits per heavy atom. The molecule has 2 atom stereocenters. The lowest BCUT2D eigenvalue weighted by atomic mass is 9.67. The summed E-state index contributed by atoms with van der Waals surface area (Å²) in [5.74, 6) is -0.0254. The fourth-order valence-corrected chi connectivity index (χ4v) is 3.39. The van der Waals surface area contributed by atoms with Gasteiger partial charge in [0.1, 0.15) is 0 Å². The predicted octanol–water partition coefficient (Wildman–Crippen LogP) is 2.25. The Morgan fingerprint density at radius 3 is 2.12 bits per heavy atom. The van der Waals surface area contributed by atoms with Crippen LogP contribution in [0.5, 0.6) is 0 Å². The van der Waals surface area contributed by atoms with Crippen LogP contribution in [-0.4, -0.2) is 29.7 Å². The molecular formula is C14H22O3. The van der Waals surface area contributed by atoms with Crippen molar-refractivity contribution in [1.29, 1.82) is 0 Å². The molecule has 0 aromatic rings. The van der Waals surface area contributed by atoms with Crippen molar-refractivity contribution >= 4 is 0 Å². The number of rotatable bonds is 1. The second-order valence-electron chi connectivity index (χ2n) is 6.01. The maximum Gasteiger partial charge on any atom is 0.169 e. The molecule has 3 nitrogen and oxygen atoms in total. The van der Waals surface area contributed by atoms with Gasteiger partial charge in [0.15, 0.2) is 5.79 Å². The van der Waals surface area contributed by atoms with E-state index in [4.69, 9.17) is 9.47 Å². The van der Waals surface area contributed by atoms with Crippen LogP contribution < -0.4 is 0 Å². The van der Waals surface area contributed by atoms with Crippen LogP contribution >= 0.6 is 0 Å². The van der Waals surface area contributed by atoms with Gasteiger partial charge in [0.25, 0.3) is 0 Å². The molecule has 3 heteroatoms. The standard InChI is InChI=1S/C14H22O3/c1-10-7-13(16-5-6-17-13)8-11(2)14(10,15)9-12-3-4-12/h9-11,15H,3-8H2,1-2H3. The quantitative estimate of drug-likeness (QED) is 0.712. The van der Waals surface area contributed by atoms with E-state index in [9.17, 15) is 5.11 Å². The highest BCUT2D eigenvalue weighted by Gasteiger charge is 2.53. The molecule has 1 saturated heterocycles. The van der Waals surface area contributed by atoms with Gasteiger partial charge in [0.05, 0.1) is 18.8 Å². The Balaban J connectivity index is 1.82. The van der Waals surface area contributed by atoms with Crippen LogP contribution in [0.25, 0.3) is 0 Å². The van der Waals surface area contributed by atoms with Gasteiger partial charge < -0.3 is 14.6 Å².